The largest absolute Gasteiger partial charge is 0.317 e. The Morgan fingerprint density at radius 2 is 2.22 bits per heavy atom. The first-order valence-electron chi connectivity index (χ1n) is 7.15. The molecule has 2 aliphatic heterocycles. The van der Waals surface area contributed by atoms with Crippen LogP contribution in [0.3, 0.4) is 0 Å². The van der Waals surface area contributed by atoms with Gasteiger partial charge in [0.1, 0.15) is 0 Å². The number of nitrogens with zero attached hydrogens (tertiary/aromatic N) is 2. The van der Waals surface area contributed by atoms with Crippen molar-refractivity contribution >= 4 is 11.3 Å². The summed E-state index contributed by atoms with van der Waals surface area (Å²) in [6.45, 7) is 4.80. The van der Waals surface area contributed by atoms with Crippen LogP contribution in [0.15, 0.2) is 5.38 Å². The number of hydrogen-bond donors (Lipinski definition) is 1. The smallest absolute Gasteiger partial charge is 0.0972 e. The molecule has 100 valence electrons. The zero-order valence-electron chi connectivity index (χ0n) is 11.2. The zero-order chi connectivity index (χ0) is 12.4. The lowest BCUT2D eigenvalue weighted by Crippen LogP contribution is -2.28. The molecule has 0 radical (unpaired) electrons. The fourth-order valence-corrected chi connectivity index (χ4v) is 4.08. The van der Waals surface area contributed by atoms with Gasteiger partial charge in [0.05, 0.1) is 10.7 Å². The molecule has 3 heterocycles. The molecule has 0 aliphatic carbocycles. The summed E-state index contributed by atoms with van der Waals surface area (Å²) in [6.07, 6.45) is 5.12. The minimum absolute atomic E-state index is 0.696. The average Bonchev–Trinajstić information content (AvgIpc) is 2.99. The van der Waals surface area contributed by atoms with E-state index in [1.807, 2.05) is 11.3 Å². The van der Waals surface area contributed by atoms with Crippen LogP contribution in [-0.4, -0.2) is 43.1 Å². The highest BCUT2D eigenvalue weighted by Gasteiger charge is 2.24. The second-order valence-electron chi connectivity index (χ2n) is 5.82. The maximum atomic E-state index is 4.89. The van der Waals surface area contributed by atoms with Crippen molar-refractivity contribution in [3.05, 3.63) is 16.1 Å². The fourth-order valence-electron chi connectivity index (χ4n) is 3.12. The van der Waals surface area contributed by atoms with E-state index in [0.717, 1.165) is 5.92 Å². The van der Waals surface area contributed by atoms with Crippen molar-refractivity contribution in [2.45, 2.75) is 31.6 Å². The number of likely N-dealkylation sites (N-methyl/N-ethyl adjacent to an activating group) is 1. The molecule has 0 saturated carbocycles. The first-order valence-corrected chi connectivity index (χ1v) is 8.03. The van der Waals surface area contributed by atoms with Crippen LogP contribution in [0.2, 0.25) is 0 Å². The Kier molecular flexibility index (Phi) is 3.97. The average molecular weight is 265 g/mol. The Hall–Kier alpha value is -0.450. The Morgan fingerprint density at radius 3 is 2.94 bits per heavy atom. The van der Waals surface area contributed by atoms with Crippen LogP contribution < -0.4 is 5.32 Å². The van der Waals surface area contributed by atoms with Crippen LogP contribution in [-0.2, 0) is 6.42 Å². The lowest BCUT2D eigenvalue weighted by molar-refractivity contribution is 0.370. The zero-order valence-corrected chi connectivity index (χ0v) is 12.0. The number of aromatic nitrogens is 1. The molecular formula is C14H23N3S. The fraction of sp³-hybridized carbons (Fsp3) is 0.786. The van der Waals surface area contributed by atoms with Gasteiger partial charge in [-0.25, -0.2) is 4.98 Å². The van der Waals surface area contributed by atoms with Gasteiger partial charge in [-0.05, 0) is 58.3 Å². The van der Waals surface area contributed by atoms with Gasteiger partial charge in [-0.15, -0.1) is 11.3 Å². The van der Waals surface area contributed by atoms with Crippen LogP contribution in [0.1, 0.15) is 35.9 Å². The third-order valence-electron chi connectivity index (χ3n) is 4.27. The molecule has 4 heteroatoms. The Balaban J connectivity index is 1.59. The van der Waals surface area contributed by atoms with E-state index in [-0.39, 0.29) is 0 Å². The molecule has 0 aromatic carbocycles. The molecule has 18 heavy (non-hydrogen) atoms. The summed E-state index contributed by atoms with van der Waals surface area (Å²) in [6, 6.07) is 0. The molecule has 1 aromatic rings. The van der Waals surface area contributed by atoms with Crippen LogP contribution in [0, 0.1) is 5.92 Å². The third kappa shape index (κ3) is 2.92. The van der Waals surface area contributed by atoms with E-state index in [4.69, 9.17) is 4.98 Å². The van der Waals surface area contributed by atoms with Gasteiger partial charge in [-0.2, -0.15) is 0 Å². The molecule has 1 atom stereocenters. The highest BCUT2D eigenvalue weighted by Crippen LogP contribution is 2.29. The first kappa shape index (κ1) is 12.6. The van der Waals surface area contributed by atoms with Crippen molar-refractivity contribution in [2.24, 2.45) is 5.92 Å². The summed E-state index contributed by atoms with van der Waals surface area (Å²) in [7, 11) is 2.21. The van der Waals surface area contributed by atoms with Gasteiger partial charge in [0.15, 0.2) is 0 Å². The highest BCUT2D eigenvalue weighted by atomic mass is 32.1. The van der Waals surface area contributed by atoms with Crippen molar-refractivity contribution in [1.29, 1.82) is 0 Å². The van der Waals surface area contributed by atoms with E-state index in [0.29, 0.717) is 5.92 Å². The molecule has 1 N–H and O–H groups in total. The normalized spacial score (nSPS) is 26.8. The lowest BCUT2D eigenvalue weighted by atomic mass is 9.93. The second kappa shape index (κ2) is 5.68. The van der Waals surface area contributed by atoms with E-state index in [1.165, 1.54) is 62.6 Å². The third-order valence-corrected chi connectivity index (χ3v) is 5.32. The van der Waals surface area contributed by atoms with E-state index in [9.17, 15) is 0 Å². The molecule has 3 rings (SSSR count). The van der Waals surface area contributed by atoms with Crippen molar-refractivity contribution < 1.29 is 0 Å². The monoisotopic (exact) mass is 265 g/mol. The number of nitrogens with one attached hydrogen (secondary N) is 1. The summed E-state index contributed by atoms with van der Waals surface area (Å²) >= 11 is 1.88. The number of rotatable bonds is 3. The van der Waals surface area contributed by atoms with E-state index >= 15 is 0 Å². The standard InChI is InChI=1S/C14H23N3S/c1-17-7-4-12(9-17)14-16-13(10-18-14)8-11-2-5-15-6-3-11/h10-12,15H,2-9H2,1H3. The van der Waals surface area contributed by atoms with Gasteiger partial charge < -0.3 is 10.2 Å². The minimum atomic E-state index is 0.696. The minimum Gasteiger partial charge on any atom is -0.317 e. The van der Waals surface area contributed by atoms with Crippen LogP contribution >= 0.6 is 11.3 Å². The number of thiazole rings is 1. The highest BCUT2D eigenvalue weighted by molar-refractivity contribution is 7.09. The molecule has 2 saturated heterocycles. The summed E-state index contributed by atoms with van der Waals surface area (Å²) < 4.78 is 0. The summed E-state index contributed by atoms with van der Waals surface area (Å²) in [5.41, 5.74) is 1.34. The summed E-state index contributed by atoms with van der Waals surface area (Å²) in [5, 5.41) is 7.11. The van der Waals surface area contributed by atoms with E-state index in [2.05, 4.69) is 22.6 Å². The molecule has 0 spiro atoms. The van der Waals surface area contributed by atoms with E-state index in [1.54, 1.807) is 0 Å². The maximum Gasteiger partial charge on any atom is 0.0972 e. The molecule has 2 fully saturated rings. The van der Waals surface area contributed by atoms with Crippen molar-refractivity contribution in [3.8, 4) is 0 Å². The summed E-state index contributed by atoms with van der Waals surface area (Å²) in [5.74, 6) is 1.55. The van der Waals surface area contributed by atoms with Crippen LogP contribution in [0.4, 0.5) is 0 Å². The van der Waals surface area contributed by atoms with Crippen LogP contribution in [0.5, 0.6) is 0 Å². The topological polar surface area (TPSA) is 28.2 Å². The quantitative estimate of drug-likeness (QED) is 0.907. The molecule has 0 bridgehead atoms. The molecule has 1 unspecified atom stereocenters. The molecule has 1 aromatic heterocycles. The number of hydrogen-bond acceptors (Lipinski definition) is 4. The van der Waals surface area contributed by atoms with Crippen LogP contribution in [0.25, 0.3) is 0 Å². The van der Waals surface area contributed by atoms with Gasteiger partial charge >= 0.3 is 0 Å². The molecular weight excluding hydrogens is 242 g/mol. The van der Waals surface area contributed by atoms with Gasteiger partial charge in [-0.3, -0.25) is 0 Å². The van der Waals surface area contributed by atoms with Gasteiger partial charge in [0, 0.05) is 17.8 Å². The Labute approximate surface area is 114 Å². The number of piperidine rings is 1. The maximum absolute atomic E-state index is 4.89. The summed E-state index contributed by atoms with van der Waals surface area (Å²) in [4.78, 5) is 7.31. The van der Waals surface area contributed by atoms with Gasteiger partial charge in [-0.1, -0.05) is 0 Å². The lowest BCUT2D eigenvalue weighted by Gasteiger charge is -2.21. The molecule has 0 amide bonds. The van der Waals surface area contributed by atoms with Gasteiger partial charge in [0.25, 0.3) is 0 Å². The Morgan fingerprint density at radius 1 is 1.39 bits per heavy atom. The van der Waals surface area contributed by atoms with Crippen molar-refractivity contribution in [1.82, 2.24) is 15.2 Å². The van der Waals surface area contributed by atoms with Crippen molar-refractivity contribution in [3.63, 3.8) is 0 Å². The number of likely N-dealkylation sites (tertiary alicyclic amines) is 1. The second-order valence-corrected chi connectivity index (χ2v) is 6.71. The SMILES string of the molecule is CN1CCC(c2nc(CC3CCNCC3)cs2)C1. The van der Waals surface area contributed by atoms with Gasteiger partial charge in [0.2, 0.25) is 0 Å². The Bertz CT molecular complexity index is 384. The molecule has 3 nitrogen and oxygen atoms in total. The molecule has 2 aliphatic rings. The first-order chi connectivity index (χ1) is 8.81. The van der Waals surface area contributed by atoms with Crippen molar-refractivity contribution in [2.75, 3.05) is 33.2 Å². The van der Waals surface area contributed by atoms with E-state index < -0.39 is 0 Å². The predicted molar refractivity (Wildman–Crippen MR) is 76.3 cm³/mol. The predicted octanol–water partition coefficient (Wildman–Crippen LogP) is 2.10.